The van der Waals surface area contributed by atoms with Crippen LogP contribution in [0.4, 0.5) is 0 Å². The Morgan fingerprint density at radius 2 is 2.00 bits per heavy atom. The summed E-state index contributed by atoms with van der Waals surface area (Å²) in [6.07, 6.45) is 2.82. The van der Waals surface area contributed by atoms with Crippen molar-refractivity contribution in [3.05, 3.63) is 35.9 Å². The van der Waals surface area contributed by atoms with Crippen molar-refractivity contribution in [3.63, 3.8) is 0 Å². The molecule has 1 aromatic carbocycles. The van der Waals surface area contributed by atoms with E-state index in [1.807, 2.05) is 50.4 Å². The molecule has 0 aliphatic heterocycles. The molecule has 1 unspecified atom stereocenters. The molecule has 2 nitrogen and oxygen atoms in total. The van der Waals surface area contributed by atoms with E-state index in [0.29, 0.717) is 6.61 Å². The van der Waals surface area contributed by atoms with Crippen molar-refractivity contribution in [3.8, 4) is 0 Å². The molecule has 1 atom stereocenters. The Hall–Kier alpha value is -0.960. The van der Waals surface area contributed by atoms with Crippen LogP contribution in [-0.2, 0) is 16.1 Å². The lowest BCUT2D eigenvalue weighted by molar-refractivity contribution is -0.155. The first-order valence-electron chi connectivity index (χ1n) is 5.82. The summed E-state index contributed by atoms with van der Waals surface area (Å²) in [5.41, 5.74) is 0.664. The molecule has 1 rings (SSSR count). The Kier molecular flexibility index (Phi) is 5.56. The van der Waals surface area contributed by atoms with E-state index in [1.165, 1.54) is 0 Å². The van der Waals surface area contributed by atoms with Gasteiger partial charge < -0.3 is 4.74 Å². The number of ether oxygens (including phenoxy) is 1. The number of rotatable bonds is 6. The fourth-order valence-corrected chi connectivity index (χ4v) is 2.48. The first-order chi connectivity index (χ1) is 8.12. The van der Waals surface area contributed by atoms with Gasteiger partial charge in [0.05, 0.1) is 5.41 Å². The summed E-state index contributed by atoms with van der Waals surface area (Å²) in [7, 11) is 0. The number of esters is 1. The summed E-state index contributed by atoms with van der Waals surface area (Å²) in [5, 5.41) is 0. The molecule has 0 fully saturated rings. The molecule has 3 heteroatoms. The van der Waals surface area contributed by atoms with Gasteiger partial charge in [0.2, 0.25) is 0 Å². The van der Waals surface area contributed by atoms with Crippen LogP contribution in [0.5, 0.6) is 0 Å². The second-order valence-electron chi connectivity index (χ2n) is 4.41. The lowest BCUT2D eigenvalue weighted by atomic mass is 9.90. The van der Waals surface area contributed by atoms with Crippen LogP contribution in [0.3, 0.4) is 0 Å². The van der Waals surface area contributed by atoms with E-state index in [-0.39, 0.29) is 11.4 Å². The predicted octanol–water partition coefficient (Wildman–Crippen LogP) is 3.51. The minimum Gasteiger partial charge on any atom is -0.460 e. The third kappa shape index (κ3) is 4.08. The zero-order chi connectivity index (χ0) is 12.7. The van der Waals surface area contributed by atoms with E-state index in [4.69, 9.17) is 4.74 Å². The van der Waals surface area contributed by atoms with Crippen LogP contribution in [-0.4, -0.2) is 18.0 Å². The lowest BCUT2D eigenvalue weighted by Gasteiger charge is -2.24. The molecule has 0 aliphatic rings. The van der Waals surface area contributed by atoms with Crippen molar-refractivity contribution in [1.82, 2.24) is 0 Å². The van der Waals surface area contributed by atoms with Crippen molar-refractivity contribution in [1.29, 1.82) is 0 Å². The Morgan fingerprint density at radius 1 is 1.35 bits per heavy atom. The topological polar surface area (TPSA) is 26.3 Å². The second kappa shape index (κ2) is 6.70. The average molecular weight is 252 g/mol. The number of carbonyl (C=O) groups excluding carboxylic acids is 1. The van der Waals surface area contributed by atoms with Crippen molar-refractivity contribution in [2.24, 2.45) is 5.41 Å². The average Bonchev–Trinajstić information content (AvgIpc) is 2.37. The summed E-state index contributed by atoms with van der Waals surface area (Å²) >= 11 is 1.68. The first-order valence-corrected chi connectivity index (χ1v) is 7.22. The van der Waals surface area contributed by atoms with Gasteiger partial charge in [-0.15, -0.1) is 0 Å². The maximum atomic E-state index is 12.0. The van der Waals surface area contributed by atoms with Gasteiger partial charge in [-0.2, -0.15) is 11.8 Å². The fraction of sp³-hybridized carbons (Fsp3) is 0.500. The summed E-state index contributed by atoms with van der Waals surface area (Å²) in [5.74, 6) is 0.704. The number of hydrogen-bond donors (Lipinski definition) is 0. The van der Waals surface area contributed by atoms with Gasteiger partial charge in [0.1, 0.15) is 6.61 Å². The third-order valence-electron chi connectivity index (χ3n) is 2.95. The molecule has 0 spiro atoms. The smallest absolute Gasteiger partial charge is 0.312 e. The van der Waals surface area contributed by atoms with E-state index in [1.54, 1.807) is 11.8 Å². The highest BCUT2D eigenvalue weighted by atomic mass is 32.2. The van der Waals surface area contributed by atoms with Gasteiger partial charge in [0.15, 0.2) is 0 Å². The molecular weight excluding hydrogens is 232 g/mol. The van der Waals surface area contributed by atoms with Crippen molar-refractivity contribution >= 4 is 17.7 Å². The number of thioether (sulfide) groups is 1. The highest BCUT2D eigenvalue weighted by molar-refractivity contribution is 7.98. The fourth-order valence-electron chi connectivity index (χ4n) is 1.52. The van der Waals surface area contributed by atoms with E-state index in [9.17, 15) is 4.79 Å². The largest absolute Gasteiger partial charge is 0.460 e. The molecule has 1 aromatic rings. The number of hydrogen-bond acceptors (Lipinski definition) is 3. The summed E-state index contributed by atoms with van der Waals surface area (Å²) in [6.45, 7) is 4.36. The van der Waals surface area contributed by atoms with Gasteiger partial charge >= 0.3 is 5.97 Å². The van der Waals surface area contributed by atoms with Gasteiger partial charge in [0, 0.05) is 5.75 Å². The highest BCUT2D eigenvalue weighted by Crippen LogP contribution is 2.27. The van der Waals surface area contributed by atoms with Crippen LogP contribution in [0.15, 0.2) is 30.3 Å². The van der Waals surface area contributed by atoms with Crippen LogP contribution in [0.2, 0.25) is 0 Å². The third-order valence-corrected chi connectivity index (χ3v) is 3.87. The molecule has 0 bridgehead atoms. The van der Waals surface area contributed by atoms with Crippen LogP contribution in [0.1, 0.15) is 25.8 Å². The Labute approximate surface area is 108 Å². The first kappa shape index (κ1) is 14.1. The molecule has 0 N–H and O–H groups in total. The molecule has 0 aliphatic carbocycles. The van der Waals surface area contributed by atoms with Crippen molar-refractivity contribution < 1.29 is 9.53 Å². The van der Waals surface area contributed by atoms with Gasteiger partial charge in [-0.25, -0.2) is 0 Å². The molecule has 0 saturated heterocycles. The summed E-state index contributed by atoms with van der Waals surface area (Å²) < 4.78 is 5.38. The van der Waals surface area contributed by atoms with Crippen LogP contribution >= 0.6 is 11.8 Å². The van der Waals surface area contributed by atoms with Crippen LogP contribution < -0.4 is 0 Å². The van der Waals surface area contributed by atoms with Crippen molar-refractivity contribution in [2.45, 2.75) is 26.9 Å². The number of benzene rings is 1. The molecule has 0 saturated carbocycles. The summed E-state index contributed by atoms with van der Waals surface area (Å²) in [6, 6.07) is 9.78. The normalized spacial score (nSPS) is 14.1. The van der Waals surface area contributed by atoms with Crippen LogP contribution in [0.25, 0.3) is 0 Å². The molecule has 0 radical (unpaired) electrons. The molecule has 94 valence electrons. The number of carbonyl (C=O) groups is 1. The zero-order valence-corrected chi connectivity index (χ0v) is 11.5. The lowest BCUT2D eigenvalue weighted by Crippen LogP contribution is -2.31. The van der Waals surface area contributed by atoms with Gasteiger partial charge in [-0.1, -0.05) is 37.3 Å². The SMILES string of the molecule is CCC(C)(CSC)C(=O)OCc1ccccc1. The predicted molar refractivity (Wildman–Crippen MR) is 73.0 cm³/mol. The molecule has 0 aromatic heterocycles. The van der Waals surface area contributed by atoms with E-state index in [0.717, 1.165) is 17.7 Å². The highest BCUT2D eigenvalue weighted by Gasteiger charge is 2.32. The van der Waals surface area contributed by atoms with Gasteiger partial charge in [-0.05, 0) is 25.2 Å². The maximum absolute atomic E-state index is 12.0. The van der Waals surface area contributed by atoms with Gasteiger partial charge in [-0.3, -0.25) is 4.79 Å². The monoisotopic (exact) mass is 252 g/mol. The zero-order valence-electron chi connectivity index (χ0n) is 10.7. The van der Waals surface area contributed by atoms with E-state index < -0.39 is 0 Å². The Bertz CT molecular complexity index is 350. The van der Waals surface area contributed by atoms with Crippen LogP contribution in [0, 0.1) is 5.41 Å². The van der Waals surface area contributed by atoms with E-state index >= 15 is 0 Å². The van der Waals surface area contributed by atoms with Crippen molar-refractivity contribution in [2.75, 3.05) is 12.0 Å². The molecule has 17 heavy (non-hydrogen) atoms. The minimum atomic E-state index is -0.367. The Morgan fingerprint density at radius 3 is 2.53 bits per heavy atom. The minimum absolute atomic E-state index is 0.0989. The molecule has 0 amide bonds. The molecular formula is C14H20O2S. The Balaban J connectivity index is 2.54. The van der Waals surface area contributed by atoms with E-state index in [2.05, 4.69) is 0 Å². The second-order valence-corrected chi connectivity index (χ2v) is 5.27. The standard InChI is InChI=1S/C14H20O2S/c1-4-14(2,11-17-3)13(15)16-10-12-8-6-5-7-9-12/h5-9H,4,10-11H2,1-3H3. The quantitative estimate of drug-likeness (QED) is 0.725. The van der Waals surface area contributed by atoms with Gasteiger partial charge in [0.25, 0.3) is 0 Å². The maximum Gasteiger partial charge on any atom is 0.312 e. The summed E-state index contributed by atoms with van der Waals surface area (Å²) in [4.78, 5) is 12.0. The molecule has 0 heterocycles.